The highest BCUT2D eigenvalue weighted by atomic mass is 28.3. The molecule has 0 aliphatic heterocycles. The Hall–Kier alpha value is -0.573. The lowest BCUT2D eigenvalue weighted by Gasteiger charge is -2.29. The number of hydrogen-bond acceptors (Lipinski definition) is 1. The van der Waals surface area contributed by atoms with Crippen molar-refractivity contribution >= 4 is 14.0 Å². The van der Waals surface area contributed by atoms with E-state index in [9.17, 15) is 9.90 Å². The van der Waals surface area contributed by atoms with E-state index in [0.29, 0.717) is 0 Å². The topological polar surface area (TPSA) is 37.3 Å². The van der Waals surface area contributed by atoms with E-state index in [1.807, 2.05) is 0 Å². The minimum atomic E-state index is -1.68. The Balaban J connectivity index is 3.82. The summed E-state index contributed by atoms with van der Waals surface area (Å²) in [6.45, 7) is 9.15. The molecule has 0 aromatic carbocycles. The van der Waals surface area contributed by atoms with Gasteiger partial charge in [0.15, 0.2) is 0 Å². The first kappa shape index (κ1) is 30.4. The molecule has 1 atom stereocenters. The average Bonchev–Trinajstić information content (AvgIpc) is 2.73. The van der Waals surface area contributed by atoms with Crippen molar-refractivity contribution in [1.82, 2.24) is 0 Å². The molecular formula is C28H56O2Si. The van der Waals surface area contributed by atoms with Crippen molar-refractivity contribution in [2.75, 3.05) is 0 Å². The molecule has 0 aliphatic carbocycles. The Labute approximate surface area is 196 Å². The lowest BCUT2D eigenvalue weighted by atomic mass is 10.1. The predicted molar refractivity (Wildman–Crippen MR) is 142 cm³/mol. The van der Waals surface area contributed by atoms with Crippen LogP contribution >= 0.6 is 0 Å². The monoisotopic (exact) mass is 452 g/mol. The second kappa shape index (κ2) is 21.3. The normalized spacial score (nSPS) is 13.2. The molecular weight excluding hydrogens is 396 g/mol. The molecule has 1 N–H and O–H groups in total. The van der Waals surface area contributed by atoms with Gasteiger partial charge < -0.3 is 5.11 Å². The van der Waals surface area contributed by atoms with E-state index in [4.69, 9.17) is 0 Å². The first-order chi connectivity index (χ1) is 15.0. The Morgan fingerprint density at radius 2 is 1.10 bits per heavy atom. The van der Waals surface area contributed by atoms with Crippen molar-refractivity contribution in [3.8, 4) is 0 Å². The van der Waals surface area contributed by atoms with Gasteiger partial charge in [0.1, 0.15) is 0 Å². The zero-order chi connectivity index (χ0) is 23.2. The largest absolute Gasteiger partial charge is 0.481 e. The van der Waals surface area contributed by atoms with Crippen LogP contribution in [0.2, 0.25) is 24.7 Å². The van der Waals surface area contributed by atoms with Gasteiger partial charge in [-0.1, -0.05) is 135 Å². The van der Waals surface area contributed by atoms with Crippen LogP contribution in [0.1, 0.15) is 136 Å². The summed E-state index contributed by atoms with van der Waals surface area (Å²) in [7, 11) is -1.68. The predicted octanol–water partition coefficient (Wildman–Crippen LogP) is 10.2. The second-order valence-corrected chi connectivity index (χ2v) is 15.6. The first-order valence-corrected chi connectivity index (χ1v) is 17.1. The number of rotatable bonds is 23. The molecule has 0 saturated heterocycles. The highest BCUT2D eigenvalue weighted by Crippen LogP contribution is 2.33. The molecule has 1 unspecified atom stereocenters. The maximum Gasteiger partial charge on any atom is 0.303 e. The molecule has 0 amide bonds. The Morgan fingerprint density at radius 3 is 1.58 bits per heavy atom. The minimum absolute atomic E-state index is 0.0552. The zero-order valence-corrected chi connectivity index (χ0v) is 22.7. The van der Waals surface area contributed by atoms with Crippen LogP contribution in [0.15, 0.2) is 12.2 Å². The lowest BCUT2D eigenvalue weighted by molar-refractivity contribution is -0.137. The third-order valence-corrected chi connectivity index (χ3v) is 11.0. The fraction of sp³-hybridized carbons (Fsp3) is 0.893. The molecule has 0 spiro atoms. The molecule has 2 nitrogen and oxygen atoms in total. The summed E-state index contributed by atoms with van der Waals surface area (Å²) in [6, 6.07) is 1.18. The molecule has 0 heterocycles. The van der Waals surface area contributed by atoms with Gasteiger partial charge in [-0.05, 0) is 32.1 Å². The van der Waals surface area contributed by atoms with E-state index in [1.165, 1.54) is 115 Å². The van der Waals surface area contributed by atoms with E-state index in [1.54, 1.807) is 0 Å². The molecule has 3 heteroatoms. The number of carboxylic acids is 1. The summed E-state index contributed by atoms with van der Waals surface area (Å²) in [5.41, 5.74) is -0.0552. The van der Waals surface area contributed by atoms with E-state index in [2.05, 4.69) is 39.1 Å². The fourth-order valence-electron chi connectivity index (χ4n) is 4.63. The third-order valence-electron chi connectivity index (χ3n) is 6.92. The van der Waals surface area contributed by atoms with Gasteiger partial charge in [0.25, 0.3) is 0 Å². The van der Waals surface area contributed by atoms with Crippen LogP contribution in [0.25, 0.3) is 0 Å². The minimum Gasteiger partial charge on any atom is -0.481 e. The van der Waals surface area contributed by atoms with Crippen LogP contribution in [0, 0.1) is 0 Å². The Bertz CT molecular complexity index is 431. The maximum atomic E-state index is 11.9. The van der Waals surface area contributed by atoms with Crippen LogP contribution in [0.4, 0.5) is 0 Å². The number of aliphatic carboxylic acids is 1. The van der Waals surface area contributed by atoms with Gasteiger partial charge in [0.05, 0.1) is 13.6 Å². The van der Waals surface area contributed by atoms with E-state index < -0.39 is 14.0 Å². The Kier molecular flexibility index (Phi) is 20.9. The number of allylic oxidation sites excluding steroid dienone is 2. The smallest absolute Gasteiger partial charge is 0.303 e. The summed E-state index contributed by atoms with van der Waals surface area (Å²) < 4.78 is 0. The zero-order valence-electron chi connectivity index (χ0n) is 21.7. The summed E-state index contributed by atoms with van der Waals surface area (Å²) in [5, 5.41) is 9.81. The molecule has 0 radical (unpaired) electrons. The third kappa shape index (κ3) is 18.7. The van der Waals surface area contributed by atoms with Gasteiger partial charge in [-0.15, -0.1) is 0 Å². The number of carbonyl (C=O) groups is 1. The summed E-state index contributed by atoms with van der Waals surface area (Å²) in [5.74, 6) is -0.528. The maximum absolute atomic E-state index is 11.9. The second-order valence-electron chi connectivity index (χ2n) is 10.4. The quantitative estimate of drug-likeness (QED) is 0.0950. The highest BCUT2D eigenvalue weighted by Gasteiger charge is 2.35. The Morgan fingerprint density at radius 1 is 0.677 bits per heavy atom. The van der Waals surface area contributed by atoms with Gasteiger partial charge in [0, 0.05) is 0 Å². The van der Waals surface area contributed by atoms with Crippen LogP contribution in [0.5, 0.6) is 0 Å². The number of unbranched alkanes of at least 4 members (excludes halogenated alkanes) is 15. The van der Waals surface area contributed by atoms with Crippen LogP contribution in [-0.2, 0) is 4.79 Å². The summed E-state index contributed by atoms with van der Waals surface area (Å²) in [4.78, 5) is 11.9. The molecule has 31 heavy (non-hydrogen) atoms. The van der Waals surface area contributed by atoms with Gasteiger partial charge >= 0.3 is 5.97 Å². The summed E-state index contributed by atoms with van der Waals surface area (Å²) in [6.07, 6.45) is 28.9. The van der Waals surface area contributed by atoms with Gasteiger partial charge in [-0.3, -0.25) is 4.79 Å². The fourth-order valence-corrected chi connectivity index (χ4v) is 7.79. The number of hydrogen-bond donors (Lipinski definition) is 1. The molecule has 0 saturated carbocycles. The van der Waals surface area contributed by atoms with Gasteiger partial charge in [-0.2, -0.15) is 0 Å². The van der Waals surface area contributed by atoms with Gasteiger partial charge in [0.2, 0.25) is 0 Å². The standard InChI is InChI=1S/C28H56O2Si/c1-5-7-9-11-13-14-15-16-17-18-19-20-21-23-25-27(28(29)30)31(3,4)26-24-22-12-10-8-6-2/h16-17,27H,5-15,18-26H2,1-4H3,(H,29,30)/b17-16-. The SMILES string of the molecule is CCCCCCCC/C=C\CCCCCCC(C(=O)O)[Si](C)(C)CCCCCCCC. The highest BCUT2D eigenvalue weighted by molar-refractivity contribution is 6.81. The van der Waals surface area contributed by atoms with E-state index in [0.717, 1.165) is 12.8 Å². The lowest BCUT2D eigenvalue weighted by Crippen LogP contribution is -2.37. The molecule has 0 aliphatic rings. The van der Waals surface area contributed by atoms with Crippen molar-refractivity contribution in [1.29, 1.82) is 0 Å². The molecule has 0 fully saturated rings. The molecule has 184 valence electrons. The molecule has 0 rings (SSSR count). The van der Waals surface area contributed by atoms with Crippen molar-refractivity contribution < 1.29 is 9.90 Å². The van der Waals surface area contributed by atoms with Crippen molar-refractivity contribution in [3.63, 3.8) is 0 Å². The van der Waals surface area contributed by atoms with Crippen molar-refractivity contribution in [3.05, 3.63) is 12.2 Å². The molecule has 0 aromatic rings. The van der Waals surface area contributed by atoms with Crippen molar-refractivity contribution in [2.24, 2.45) is 0 Å². The van der Waals surface area contributed by atoms with Gasteiger partial charge in [-0.25, -0.2) is 0 Å². The first-order valence-electron chi connectivity index (χ1n) is 13.8. The van der Waals surface area contributed by atoms with Crippen molar-refractivity contribution in [2.45, 2.75) is 161 Å². The number of carboxylic acid groups (broad SMARTS) is 1. The van der Waals surface area contributed by atoms with Crippen LogP contribution in [-0.4, -0.2) is 19.1 Å². The van der Waals surface area contributed by atoms with Crippen LogP contribution in [0.3, 0.4) is 0 Å². The van der Waals surface area contributed by atoms with E-state index in [-0.39, 0.29) is 5.54 Å². The van der Waals surface area contributed by atoms with Crippen LogP contribution < -0.4 is 0 Å². The molecule has 0 bridgehead atoms. The average molecular weight is 453 g/mol. The van der Waals surface area contributed by atoms with E-state index >= 15 is 0 Å². The summed E-state index contributed by atoms with van der Waals surface area (Å²) >= 11 is 0. The molecule has 0 aromatic heterocycles.